The van der Waals surface area contributed by atoms with Gasteiger partial charge >= 0.3 is 0 Å². The number of hydrogen-bond donors (Lipinski definition) is 1. The van der Waals surface area contributed by atoms with Gasteiger partial charge in [0.25, 0.3) is 0 Å². The molecule has 1 heterocycles. The highest BCUT2D eigenvalue weighted by atomic mass is 35.5. The molecule has 1 amide bonds. The molecule has 1 aromatic rings. The summed E-state index contributed by atoms with van der Waals surface area (Å²) in [4.78, 5) is 26.4. The van der Waals surface area contributed by atoms with Gasteiger partial charge in [-0.25, -0.2) is 0 Å². The Morgan fingerprint density at radius 3 is 2.54 bits per heavy atom. The monoisotopic (exact) mass is 352 g/mol. The highest BCUT2D eigenvalue weighted by molar-refractivity contribution is 5.98. The lowest BCUT2D eigenvalue weighted by molar-refractivity contribution is -0.132. The number of likely N-dealkylation sites (N-methyl/N-ethyl adjacent to an activating group) is 1. The van der Waals surface area contributed by atoms with Gasteiger partial charge in [0, 0.05) is 37.5 Å². The number of nitrogens with zero attached hydrogens (tertiary/aromatic N) is 1. The largest absolute Gasteiger partial charge is 0.341 e. The molecule has 24 heavy (non-hydrogen) atoms. The first-order chi connectivity index (χ1) is 11.1. The molecule has 0 saturated carbocycles. The molecule has 1 unspecified atom stereocenters. The van der Waals surface area contributed by atoms with Gasteiger partial charge < -0.3 is 10.2 Å². The molecule has 0 aromatic heterocycles. The third-order valence-electron chi connectivity index (χ3n) is 4.56. The van der Waals surface area contributed by atoms with Gasteiger partial charge in [-0.05, 0) is 31.9 Å². The molecular weight excluding hydrogens is 324 g/mol. The summed E-state index contributed by atoms with van der Waals surface area (Å²) in [5.74, 6) is 0.157. The predicted molar refractivity (Wildman–Crippen MR) is 99.9 cm³/mol. The molecule has 0 bridgehead atoms. The van der Waals surface area contributed by atoms with E-state index in [1.807, 2.05) is 36.2 Å². The number of hydrogen-bond acceptors (Lipinski definition) is 3. The molecule has 2 rings (SSSR count). The number of benzene rings is 1. The number of carbonyl (C=O) groups excluding carboxylic acids is 2. The fraction of sp³-hybridized carbons (Fsp3) is 0.579. The number of aryl methyl sites for hydroxylation is 1. The number of halogens is 1. The van der Waals surface area contributed by atoms with Crippen molar-refractivity contribution in [3.63, 3.8) is 0 Å². The van der Waals surface area contributed by atoms with Crippen molar-refractivity contribution in [2.75, 3.05) is 20.1 Å². The number of piperidine rings is 1. The van der Waals surface area contributed by atoms with E-state index in [9.17, 15) is 9.59 Å². The Bertz CT molecular complexity index is 531. The van der Waals surface area contributed by atoms with E-state index < -0.39 is 0 Å². The molecule has 1 aromatic carbocycles. The minimum atomic E-state index is 0. The molecule has 1 saturated heterocycles. The van der Waals surface area contributed by atoms with Gasteiger partial charge in [-0.15, -0.1) is 12.4 Å². The van der Waals surface area contributed by atoms with Crippen molar-refractivity contribution < 1.29 is 9.59 Å². The zero-order valence-corrected chi connectivity index (χ0v) is 15.5. The zero-order valence-electron chi connectivity index (χ0n) is 14.7. The molecule has 4 nitrogen and oxygen atoms in total. The fourth-order valence-corrected chi connectivity index (χ4v) is 3.11. The Balaban J connectivity index is 0.00000288. The van der Waals surface area contributed by atoms with Crippen molar-refractivity contribution in [3.05, 3.63) is 35.4 Å². The third kappa shape index (κ3) is 5.91. The fourth-order valence-electron chi connectivity index (χ4n) is 3.11. The van der Waals surface area contributed by atoms with E-state index in [1.165, 1.54) is 5.56 Å². The average Bonchev–Trinajstić information content (AvgIpc) is 2.60. The normalized spacial score (nSPS) is 17.2. The second kappa shape index (κ2) is 10.5. The number of likely N-dealkylation sites (tertiary alicyclic amines) is 1. The summed E-state index contributed by atoms with van der Waals surface area (Å²) >= 11 is 0. The van der Waals surface area contributed by atoms with Crippen LogP contribution in [0.1, 0.15) is 54.9 Å². The molecule has 134 valence electrons. The van der Waals surface area contributed by atoms with E-state index in [0.717, 1.165) is 38.8 Å². The van der Waals surface area contributed by atoms with Gasteiger partial charge in [0.1, 0.15) is 0 Å². The maximum absolute atomic E-state index is 12.3. The van der Waals surface area contributed by atoms with E-state index in [2.05, 4.69) is 12.2 Å². The first-order valence-corrected chi connectivity index (χ1v) is 8.71. The summed E-state index contributed by atoms with van der Waals surface area (Å²) in [6, 6.07) is 8.18. The Morgan fingerprint density at radius 2 is 1.92 bits per heavy atom. The smallest absolute Gasteiger partial charge is 0.223 e. The number of rotatable bonds is 7. The highest BCUT2D eigenvalue weighted by Gasteiger charge is 2.22. The van der Waals surface area contributed by atoms with Crippen LogP contribution < -0.4 is 5.32 Å². The molecule has 1 fully saturated rings. The van der Waals surface area contributed by atoms with Crippen LogP contribution in [-0.2, 0) is 11.2 Å². The van der Waals surface area contributed by atoms with Crippen LogP contribution in [0.4, 0.5) is 0 Å². The number of ketones is 1. The second-order valence-corrected chi connectivity index (χ2v) is 6.34. The van der Waals surface area contributed by atoms with Crippen LogP contribution in [0.2, 0.25) is 0 Å². The second-order valence-electron chi connectivity index (χ2n) is 6.34. The SMILES string of the molecule is CCCc1ccc(C(=O)CCC(=O)N2CCCC(NC)C2)cc1.Cl. The Hall–Kier alpha value is -1.39. The number of carbonyl (C=O) groups is 2. The van der Waals surface area contributed by atoms with E-state index in [-0.39, 0.29) is 24.1 Å². The molecule has 1 N–H and O–H groups in total. The maximum atomic E-state index is 12.3. The van der Waals surface area contributed by atoms with E-state index in [4.69, 9.17) is 0 Å². The lowest BCUT2D eigenvalue weighted by atomic mass is 10.0. The maximum Gasteiger partial charge on any atom is 0.223 e. The highest BCUT2D eigenvalue weighted by Crippen LogP contribution is 2.14. The van der Waals surface area contributed by atoms with Crippen LogP contribution in [0.25, 0.3) is 0 Å². The minimum absolute atomic E-state index is 0. The van der Waals surface area contributed by atoms with Crippen molar-refractivity contribution in [1.29, 1.82) is 0 Å². The third-order valence-corrected chi connectivity index (χ3v) is 4.56. The summed E-state index contributed by atoms with van der Waals surface area (Å²) < 4.78 is 0. The van der Waals surface area contributed by atoms with Crippen molar-refractivity contribution in [2.45, 2.75) is 51.5 Å². The molecule has 0 radical (unpaired) electrons. The molecule has 1 atom stereocenters. The predicted octanol–water partition coefficient (Wildman–Crippen LogP) is 3.23. The van der Waals surface area contributed by atoms with Gasteiger partial charge in [-0.3, -0.25) is 9.59 Å². The van der Waals surface area contributed by atoms with Crippen molar-refractivity contribution in [2.24, 2.45) is 0 Å². The van der Waals surface area contributed by atoms with Crippen molar-refractivity contribution in [3.8, 4) is 0 Å². The molecular formula is C19H29ClN2O2. The summed E-state index contributed by atoms with van der Waals surface area (Å²) in [7, 11) is 1.93. The van der Waals surface area contributed by atoms with Gasteiger partial charge in [-0.1, -0.05) is 37.6 Å². The van der Waals surface area contributed by atoms with Crippen molar-refractivity contribution in [1.82, 2.24) is 10.2 Å². The Morgan fingerprint density at radius 1 is 1.21 bits per heavy atom. The topological polar surface area (TPSA) is 49.4 Å². The molecule has 0 spiro atoms. The van der Waals surface area contributed by atoms with Crippen LogP contribution in [0.5, 0.6) is 0 Å². The number of nitrogens with one attached hydrogen (secondary N) is 1. The van der Waals surface area contributed by atoms with Gasteiger partial charge in [0.15, 0.2) is 5.78 Å². The Kier molecular flexibility index (Phi) is 9.01. The summed E-state index contributed by atoms with van der Waals surface area (Å²) in [5.41, 5.74) is 1.97. The summed E-state index contributed by atoms with van der Waals surface area (Å²) in [6.45, 7) is 3.72. The molecule has 1 aliphatic heterocycles. The number of amides is 1. The van der Waals surface area contributed by atoms with Crippen LogP contribution in [0.15, 0.2) is 24.3 Å². The molecule has 5 heteroatoms. The van der Waals surface area contributed by atoms with E-state index >= 15 is 0 Å². The molecule has 0 aliphatic carbocycles. The minimum Gasteiger partial charge on any atom is -0.341 e. The van der Waals surface area contributed by atoms with Crippen LogP contribution in [0.3, 0.4) is 0 Å². The molecule has 1 aliphatic rings. The van der Waals surface area contributed by atoms with Crippen molar-refractivity contribution >= 4 is 24.1 Å². The quantitative estimate of drug-likeness (QED) is 0.766. The first-order valence-electron chi connectivity index (χ1n) is 8.71. The van der Waals surface area contributed by atoms with Gasteiger partial charge in [-0.2, -0.15) is 0 Å². The van der Waals surface area contributed by atoms with Crippen LogP contribution >= 0.6 is 12.4 Å². The zero-order chi connectivity index (χ0) is 16.7. The van der Waals surface area contributed by atoms with E-state index in [1.54, 1.807) is 0 Å². The summed E-state index contributed by atoms with van der Waals surface area (Å²) in [5, 5.41) is 3.23. The van der Waals surface area contributed by atoms with Crippen LogP contribution in [0, 0.1) is 0 Å². The number of Topliss-reactive ketones (excluding diaryl/α,β-unsaturated/α-hetero) is 1. The Labute approximate surface area is 151 Å². The van der Waals surface area contributed by atoms with E-state index in [0.29, 0.717) is 24.4 Å². The summed E-state index contributed by atoms with van der Waals surface area (Å²) in [6.07, 6.45) is 4.89. The standard InChI is InChI=1S/C19H28N2O2.ClH/c1-3-5-15-7-9-16(10-8-15)18(22)11-12-19(23)21-13-4-6-17(14-21)20-2;/h7-10,17,20H,3-6,11-14H2,1-2H3;1H. The first kappa shape index (κ1) is 20.7. The average molecular weight is 353 g/mol. The van der Waals surface area contributed by atoms with Gasteiger partial charge in [0.05, 0.1) is 0 Å². The van der Waals surface area contributed by atoms with Crippen LogP contribution in [-0.4, -0.2) is 42.8 Å². The lowest BCUT2D eigenvalue weighted by Gasteiger charge is -2.32. The van der Waals surface area contributed by atoms with Gasteiger partial charge in [0.2, 0.25) is 5.91 Å². The lowest BCUT2D eigenvalue weighted by Crippen LogP contribution is -2.47.